The Labute approximate surface area is 527 Å². The van der Waals surface area contributed by atoms with Crippen molar-refractivity contribution in [2.75, 3.05) is 26.2 Å². The number of phenolic OH excluding ortho intramolecular Hbond substituents is 1. The maximum Gasteiger partial charge on any atom is 0.300 e. The van der Waals surface area contributed by atoms with Crippen molar-refractivity contribution in [2.45, 2.75) is 127 Å². The highest BCUT2D eigenvalue weighted by Crippen LogP contribution is 2.24. The van der Waals surface area contributed by atoms with E-state index < -0.39 is 133 Å². The third kappa shape index (κ3) is 19.7. The lowest BCUT2D eigenvalue weighted by atomic mass is 10.00. The number of carbonyl (C=O) groups is 12. The first-order chi connectivity index (χ1) is 44.0. The van der Waals surface area contributed by atoms with Gasteiger partial charge in [0.2, 0.25) is 65.0 Å². The molecule has 92 heavy (non-hydrogen) atoms. The van der Waals surface area contributed by atoms with Gasteiger partial charge in [-0.25, -0.2) is 4.98 Å². The summed E-state index contributed by atoms with van der Waals surface area (Å²) in [6, 6.07) is 9.70. The third-order valence-corrected chi connectivity index (χ3v) is 15.3. The van der Waals surface area contributed by atoms with E-state index in [4.69, 9.17) is 15.6 Å². The van der Waals surface area contributed by atoms with Gasteiger partial charge in [0.05, 0.1) is 26.0 Å². The number of aliphatic carboxylic acids is 1. The Hall–Kier alpha value is -10.6. The number of hydrogen-bond acceptors (Lipinski definition) is 15. The molecule has 0 unspecified atom stereocenters. The Kier molecular flexibility index (Phi) is 24.5. The number of likely N-dealkylation sites (tertiary alicyclic amines) is 1. The molecule has 2 fully saturated rings. The monoisotopic (exact) mass is 1270 g/mol. The Morgan fingerprint density at radius 3 is 1.73 bits per heavy atom. The molecule has 0 bridgehead atoms. The summed E-state index contributed by atoms with van der Waals surface area (Å²) >= 11 is 0. The van der Waals surface area contributed by atoms with Crippen molar-refractivity contribution in [3.8, 4) is 5.75 Å². The number of carbonyl (C=O) groups excluding carboxylic acids is 11. The van der Waals surface area contributed by atoms with Crippen molar-refractivity contribution in [3.63, 3.8) is 0 Å². The normalized spacial score (nSPS) is 16.3. The number of nitrogens with one attached hydrogen (secondary N) is 12. The second kappa shape index (κ2) is 32.7. The van der Waals surface area contributed by atoms with Gasteiger partial charge in [0.25, 0.3) is 5.97 Å². The van der Waals surface area contributed by atoms with Gasteiger partial charge in [-0.3, -0.25) is 57.5 Å². The summed E-state index contributed by atoms with van der Waals surface area (Å²) in [6.07, 6.45) is 6.76. The number of aromatic amines is 3. The van der Waals surface area contributed by atoms with E-state index in [0.29, 0.717) is 46.1 Å². The van der Waals surface area contributed by atoms with Crippen LogP contribution in [-0.2, 0) is 83.2 Å². The molecule has 11 amide bonds. The summed E-state index contributed by atoms with van der Waals surface area (Å²) in [6.45, 7) is 2.78. The minimum atomic E-state index is -1.76. The van der Waals surface area contributed by atoms with Crippen molar-refractivity contribution in [1.29, 1.82) is 0 Å². The molecule has 30 heteroatoms. The highest BCUT2D eigenvalue weighted by atomic mass is 16.4. The number of fused-ring (bicyclic) bond motifs is 2. The van der Waals surface area contributed by atoms with Gasteiger partial charge >= 0.3 is 0 Å². The fourth-order valence-electron chi connectivity index (χ4n) is 10.8. The number of amides is 11. The molecular formula is C62H77N15O15. The van der Waals surface area contributed by atoms with Gasteiger partial charge in [0.15, 0.2) is 0 Å². The topological polar surface area (TPSA) is 463 Å². The van der Waals surface area contributed by atoms with Crippen LogP contribution >= 0.6 is 0 Å². The number of benzene rings is 3. The summed E-state index contributed by atoms with van der Waals surface area (Å²) < 4.78 is 0. The van der Waals surface area contributed by atoms with Gasteiger partial charge in [0, 0.05) is 91.7 Å². The van der Waals surface area contributed by atoms with Gasteiger partial charge < -0.3 is 88.8 Å². The molecule has 490 valence electrons. The number of imidazole rings is 1. The molecule has 3 aromatic heterocycles. The minimum Gasteiger partial charge on any atom is -0.508 e. The van der Waals surface area contributed by atoms with Crippen LogP contribution in [0.4, 0.5) is 0 Å². The first-order valence-corrected chi connectivity index (χ1v) is 29.9. The lowest BCUT2D eigenvalue weighted by molar-refractivity contribution is -0.142. The van der Waals surface area contributed by atoms with Gasteiger partial charge in [-0.2, -0.15) is 0 Å². The van der Waals surface area contributed by atoms with E-state index in [1.807, 2.05) is 32.0 Å². The fourth-order valence-corrected chi connectivity index (χ4v) is 10.8. The molecule has 8 atom stereocenters. The number of nitrogens with zero attached hydrogens (tertiary/aromatic N) is 2. The molecule has 2 aliphatic heterocycles. The molecule has 0 radical (unpaired) electrons. The van der Waals surface area contributed by atoms with E-state index in [9.17, 15) is 63.0 Å². The van der Waals surface area contributed by atoms with Gasteiger partial charge in [-0.1, -0.05) is 62.4 Å². The van der Waals surface area contributed by atoms with Crippen LogP contribution in [0.1, 0.15) is 75.3 Å². The number of rotatable bonds is 29. The van der Waals surface area contributed by atoms with E-state index in [1.54, 1.807) is 42.7 Å². The van der Waals surface area contributed by atoms with E-state index in [1.165, 1.54) is 41.7 Å². The number of hydrogen-bond donors (Lipinski definition) is 16. The average Bonchev–Trinajstić information content (AvgIpc) is 1.68. The number of nitrogens with two attached hydrogens (primary N) is 1. The number of H-pyrrole nitrogens is 3. The van der Waals surface area contributed by atoms with Gasteiger partial charge in [-0.05, 0) is 72.6 Å². The maximum atomic E-state index is 14.5. The molecule has 5 heterocycles. The second-order valence-electron chi connectivity index (χ2n) is 22.8. The van der Waals surface area contributed by atoms with Crippen LogP contribution in [0.3, 0.4) is 0 Å². The summed E-state index contributed by atoms with van der Waals surface area (Å²) in [5.74, 6) is -9.29. The molecule has 3 aromatic carbocycles. The van der Waals surface area contributed by atoms with E-state index in [2.05, 4.69) is 67.8 Å². The molecule has 17 N–H and O–H groups in total. The zero-order valence-corrected chi connectivity index (χ0v) is 50.8. The maximum absolute atomic E-state index is 14.5. The van der Waals surface area contributed by atoms with Crippen LogP contribution in [0, 0.1) is 5.92 Å². The second-order valence-corrected chi connectivity index (χ2v) is 22.8. The Bertz CT molecular complexity index is 3620. The van der Waals surface area contributed by atoms with Crippen LogP contribution in [-0.4, -0.2) is 186 Å². The summed E-state index contributed by atoms with van der Waals surface area (Å²) in [4.78, 5) is 174. The van der Waals surface area contributed by atoms with Crippen molar-refractivity contribution in [3.05, 3.63) is 120 Å². The molecule has 8 rings (SSSR count). The standard InChI is InChI=1S/C60H73N15O13.C2H4O2/c1-32(2)20-47(60(88)75-19-7-12-49(75)59(87)65-28-50(61)78)73-55(83)44(22-34-25-63-40-10-5-3-8-38(34)40)69-52(80)29-66-53(81)43(21-33-13-15-37(77)16-14-33)70-58(86)48(30-76)74-56(84)45(23-35-26-64-41-11-6-4-9-39(35)41)71-57(85)46(24-36-27-62-31-67-36)72-54(82)42-17-18-51(79)68-42;1-2(3)4/h3-6,8-11,13-16,25-27,31-32,42-49,63-64,76-77H,7,12,17-24,28-30H2,1-2H3,(H2,61,78)(H,62,67)(H,65,87)(H,66,81)(H,68,79)(H,69,80)(H,70,86)(H,71,85)(H,72,82)(H,73,83)(H,74,84);1H3,(H,3,4)/t42-,43-,44-,45-,46-,47-,48-,49-;/m0./s1. The lowest BCUT2D eigenvalue weighted by Crippen LogP contribution is -2.60. The van der Waals surface area contributed by atoms with Crippen molar-refractivity contribution in [2.24, 2.45) is 11.7 Å². The summed E-state index contributed by atoms with van der Waals surface area (Å²) in [7, 11) is 0. The van der Waals surface area contributed by atoms with E-state index in [-0.39, 0.29) is 69.1 Å². The van der Waals surface area contributed by atoms with Crippen LogP contribution in [0.25, 0.3) is 21.8 Å². The number of aliphatic hydroxyl groups is 1. The predicted molar refractivity (Wildman–Crippen MR) is 331 cm³/mol. The molecule has 2 saturated heterocycles. The largest absolute Gasteiger partial charge is 0.508 e. The van der Waals surface area contributed by atoms with Gasteiger partial charge in [-0.15, -0.1) is 0 Å². The molecule has 6 aromatic rings. The number of phenols is 1. The van der Waals surface area contributed by atoms with E-state index >= 15 is 0 Å². The van der Waals surface area contributed by atoms with Gasteiger partial charge in [0.1, 0.15) is 54.1 Å². The number of carboxylic acid groups (broad SMARTS) is 1. The molecule has 0 aliphatic carbocycles. The predicted octanol–water partition coefficient (Wildman–Crippen LogP) is -1.63. The highest BCUT2D eigenvalue weighted by Gasteiger charge is 2.40. The summed E-state index contributed by atoms with van der Waals surface area (Å²) in [5, 5.41) is 53.1. The van der Waals surface area contributed by atoms with Crippen LogP contribution < -0.4 is 53.6 Å². The SMILES string of the molecule is CC(=O)O.CC(C)C[C@H](NC(=O)[C@H](Cc1c[nH]c2ccccc12)NC(=O)CNC(=O)[C@H](Cc1ccc(O)cc1)NC(=O)[C@H](CO)NC(=O)[C@H](Cc1c[nH]c2ccccc12)NC(=O)[C@H](Cc1cnc[nH]1)NC(=O)[C@@H]1CCC(=O)N1)C(=O)N1CCC[C@H]1C(=O)NCC(N)=O. The fraction of sp³-hybridized carbons (Fsp3) is 0.403. The van der Waals surface area contributed by atoms with Crippen molar-refractivity contribution < 1.29 is 72.9 Å². The molecular weight excluding hydrogens is 1190 g/mol. The first-order valence-electron chi connectivity index (χ1n) is 29.9. The number of carboxylic acids is 1. The smallest absolute Gasteiger partial charge is 0.300 e. The van der Waals surface area contributed by atoms with E-state index in [0.717, 1.165) is 17.8 Å². The van der Waals surface area contributed by atoms with Crippen LogP contribution in [0.5, 0.6) is 5.75 Å². The number of aliphatic hydroxyl groups excluding tert-OH is 1. The summed E-state index contributed by atoms with van der Waals surface area (Å²) in [5.41, 5.74) is 8.77. The zero-order valence-electron chi connectivity index (χ0n) is 50.8. The van der Waals surface area contributed by atoms with Crippen LogP contribution in [0.2, 0.25) is 0 Å². The average molecular weight is 1270 g/mol. The zero-order chi connectivity index (χ0) is 66.6. The molecule has 2 aliphatic rings. The Morgan fingerprint density at radius 1 is 0.641 bits per heavy atom. The molecule has 0 spiro atoms. The van der Waals surface area contributed by atoms with Crippen molar-refractivity contribution in [1.82, 2.24) is 72.7 Å². The Morgan fingerprint density at radius 2 is 1.18 bits per heavy atom. The number of primary amides is 1. The molecule has 30 nitrogen and oxygen atoms in total. The quantitative estimate of drug-likeness (QED) is 0.0251. The lowest BCUT2D eigenvalue weighted by Gasteiger charge is -2.30. The number of aromatic nitrogens is 4. The molecule has 0 saturated carbocycles. The highest BCUT2D eigenvalue weighted by molar-refractivity contribution is 5.99. The third-order valence-electron chi connectivity index (χ3n) is 15.3. The van der Waals surface area contributed by atoms with Crippen molar-refractivity contribution >= 4 is 92.8 Å². The minimum absolute atomic E-state index is 0.0935. The van der Waals surface area contributed by atoms with Crippen LogP contribution in [0.15, 0.2) is 97.7 Å². The Balaban J connectivity index is 0.00000291. The first kappa shape index (κ1) is 68.8. The number of aromatic hydroxyl groups is 1. The number of para-hydroxylation sites is 2.